The van der Waals surface area contributed by atoms with Gasteiger partial charge in [0.2, 0.25) is 0 Å². The highest BCUT2D eigenvalue weighted by atomic mass is 16.5. The molecule has 1 fully saturated rings. The van der Waals surface area contributed by atoms with Gasteiger partial charge in [-0.1, -0.05) is 0 Å². The Morgan fingerprint density at radius 3 is 2.96 bits per heavy atom. The fourth-order valence-electron chi connectivity index (χ4n) is 3.50. The molecule has 1 amide bonds. The second-order valence-corrected chi connectivity index (χ2v) is 6.17. The van der Waals surface area contributed by atoms with Crippen molar-refractivity contribution in [2.45, 2.75) is 32.7 Å². The van der Waals surface area contributed by atoms with Crippen molar-refractivity contribution in [2.75, 3.05) is 19.8 Å². The highest BCUT2D eigenvalue weighted by Gasteiger charge is 2.32. The molecule has 1 aliphatic heterocycles. The Morgan fingerprint density at radius 1 is 1.43 bits per heavy atom. The van der Waals surface area contributed by atoms with Crippen molar-refractivity contribution < 1.29 is 14.6 Å². The summed E-state index contributed by atoms with van der Waals surface area (Å²) in [6.07, 6.45) is 2.00. The number of amides is 1. The first kappa shape index (κ1) is 15.9. The van der Waals surface area contributed by atoms with E-state index in [2.05, 4.69) is 0 Å². The van der Waals surface area contributed by atoms with Crippen LogP contribution in [0.2, 0.25) is 0 Å². The van der Waals surface area contributed by atoms with E-state index in [-0.39, 0.29) is 17.7 Å². The molecule has 0 aliphatic carbocycles. The van der Waals surface area contributed by atoms with Crippen molar-refractivity contribution in [3.05, 3.63) is 29.5 Å². The molecule has 0 spiro atoms. The van der Waals surface area contributed by atoms with Crippen molar-refractivity contribution >= 4 is 16.8 Å². The lowest BCUT2D eigenvalue weighted by atomic mass is 10.1. The maximum Gasteiger partial charge on any atom is 0.256 e. The molecule has 1 aromatic heterocycles. The number of fused-ring (bicyclic) bond motifs is 1. The van der Waals surface area contributed by atoms with E-state index < -0.39 is 0 Å². The quantitative estimate of drug-likeness (QED) is 0.943. The maximum atomic E-state index is 13.2. The lowest BCUT2D eigenvalue weighted by molar-refractivity contribution is 0.0565. The fraction of sp³-hybridized carbons (Fsp3) is 0.500. The molecule has 3 rings (SSSR count). The van der Waals surface area contributed by atoms with Gasteiger partial charge in [-0.2, -0.15) is 0 Å². The molecule has 1 aromatic carbocycles. The van der Waals surface area contributed by atoms with Crippen molar-refractivity contribution in [1.82, 2.24) is 9.47 Å². The van der Waals surface area contributed by atoms with Gasteiger partial charge in [0.15, 0.2) is 0 Å². The average Bonchev–Trinajstić information content (AvgIpc) is 3.09. The first-order valence-electron chi connectivity index (χ1n) is 8.21. The molecule has 2 heterocycles. The second kappa shape index (κ2) is 6.24. The summed E-state index contributed by atoms with van der Waals surface area (Å²) < 4.78 is 7.55. The van der Waals surface area contributed by atoms with E-state index in [1.807, 2.05) is 36.4 Å². The van der Waals surface area contributed by atoms with Crippen LogP contribution < -0.4 is 0 Å². The van der Waals surface area contributed by atoms with Gasteiger partial charge in [-0.25, -0.2) is 0 Å². The minimum Gasteiger partial charge on any atom is -0.508 e. The average molecular weight is 316 g/mol. The zero-order chi connectivity index (χ0) is 16.6. The largest absolute Gasteiger partial charge is 0.508 e. The van der Waals surface area contributed by atoms with E-state index >= 15 is 0 Å². The third kappa shape index (κ3) is 2.70. The Morgan fingerprint density at radius 2 is 2.22 bits per heavy atom. The smallest absolute Gasteiger partial charge is 0.256 e. The molecule has 1 aliphatic rings. The Bertz CT molecular complexity index is 735. The number of hydrogen-bond donors (Lipinski definition) is 1. The molecule has 1 saturated heterocycles. The van der Waals surface area contributed by atoms with Crippen LogP contribution in [0.15, 0.2) is 18.2 Å². The Hall–Kier alpha value is -2.01. The summed E-state index contributed by atoms with van der Waals surface area (Å²) in [7, 11) is 1.95. The number of carbonyl (C=O) groups is 1. The van der Waals surface area contributed by atoms with Crippen LogP contribution in [-0.4, -0.2) is 46.3 Å². The molecular weight excluding hydrogens is 292 g/mol. The zero-order valence-corrected chi connectivity index (χ0v) is 14.0. The summed E-state index contributed by atoms with van der Waals surface area (Å²) in [6, 6.07) is 5.35. The summed E-state index contributed by atoms with van der Waals surface area (Å²) in [5.74, 6) is 0.227. The van der Waals surface area contributed by atoms with E-state index in [9.17, 15) is 9.90 Å². The molecule has 23 heavy (non-hydrogen) atoms. The van der Waals surface area contributed by atoms with Crippen molar-refractivity contribution in [1.29, 1.82) is 0 Å². The lowest BCUT2D eigenvalue weighted by Gasteiger charge is -2.24. The summed E-state index contributed by atoms with van der Waals surface area (Å²) in [4.78, 5) is 15.1. The van der Waals surface area contributed by atoms with Crippen LogP contribution in [0.25, 0.3) is 10.9 Å². The molecule has 0 radical (unpaired) electrons. The van der Waals surface area contributed by atoms with Gasteiger partial charge in [0, 0.05) is 36.8 Å². The maximum absolute atomic E-state index is 13.2. The predicted octanol–water partition coefficient (Wildman–Crippen LogP) is 2.83. The topological polar surface area (TPSA) is 54.7 Å². The highest BCUT2D eigenvalue weighted by Crippen LogP contribution is 2.31. The summed E-state index contributed by atoms with van der Waals surface area (Å²) >= 11 is 0. The first-order chi connectivity index (χ1) is 11.0. The van der Waals surface area contributed by atoms with Crippen molar-refractivity contribution in [2.24, 2.45) is 7.05 Å². The number of benzene rings is 1. The van der Waals surface area contributed by atoms with Crippen LogP contribution in [0.5, 0.6) is 5.75 Å². The number of phenolic OH excluding ortho intramolecular Hbond substituents is 1. The number of aromatic nitrogens is 1. The molecule has 1 N–H and O–H groups in total. The number of carbonyl (C=O) groups excluding carboxylic acids is 1. The zero-order valence-electron chi connectivity index (χ0n) is 14.0. The summed E-state index contributed by atoms with van der Waals surface area (Å²) in [5.41, 5.74) is 2.59. The Kier molecular flexibility index (Phi) is 4.31. The Balaban J connectivity index is 2.00. The van der Waals surface area contributed by atoms with E-state index in [0.717, 1.165) is 36.0 Å². The van der Waals surface area contributed by atoms with Crippen LogP contribution in [0, 0.1) is 6.92 Å². The molecule has 2 aromatic rings. The van der Waals surface area contributed by atoms with Crippen LogP contribution >= 0.6 is 0 Å². The van der Waals surface area contributed by atoms with Gasteiger partial charge in [0.1, 0.15) is 5.75 Å². The number of aromatic hydroxyl groups is 1. The van der Waals surface area contributed by atoms with Gasteiger partial charge >= 0.3 is 0 Å². The SMILES string of the molecule is CCOC[C@@H]1CCCN1C(=O)c1c(C)n(C)c2ccc(O)cc12. The first-order valence-corrected chi connectivity index (χ1v) is 8.21. The van der Waals surface area contributed by atoms with E-state index in [1.165, 1.54) is 0 Å². The van der Waals surface area contributed by atoms with Gasteiger partial charge in [-0.3, -0.25) is 4.79 Å². The Labute approximate surface area is 136 Å². The number of aryl methyl sites for hydroxylation is 1. The predicted molar refractivity (Wildman–Crippen MR) is 89.9 cm³/mol. The van der Waals surface area contributed by atoms with Gasteiger partial charge in [-0.05, 0) is 44.9 Å². The standard InChI is InChI=1S/C18H24N2O3/c1-4-23-11-13-6-5-9-20(13)18(22)17-12(2)19(3)16-8-7-14(21)10-15(16)17/h7-8,10,13,21H,4-6,9,11H2,1-3H3/t13-/m0/s1. The molecule has 0 unspecified atom stereocenters. The minimum atomic E-state index is 0.0425. The minimum absolute atomic E-state index is 0.0425. The number of rotatable bonds is 4. The van der Waals surface area contributed by atoms with Crippen molar-refractivity contribution in [3.63, 3.8) is 0 Å². The number of likely N-dealkylation sites (tertiary alicyclic amines) is 1. The number of ether oxygens (including phenoxy) is 1. The van der Waals surface area contributed by atoms with Gasteiger partial charge in [0.25, 0.3) is 5.91 Å². The normalized spacial score (nSPS) is 18.0. The van der Waals surface area contributed by atoms with Gasteiger partial charge < -0.3 is 19.3 Å². The van der Waals surface area contributed by atoms with Gasteiger partial charge in [0.05, 0.1) is 18.2 Å². The number of nitrogens with zero attached hydrogens (tertiary/aromatic N) is 2. The van der Waals surface area contributed by atoms with Crippen LogP contribution in [-0.2, 0) is 11.8 Å². The van der Waals surface area contributed by atoms with Crippen LogP contribution in [0.1, 0.15) is 35.8 Å². The molecule has 0 saturated carbocycles. The molecule has 5 heteroatoms. The lowest BCUT2D eigenvalue weighted by Crippen LogP contribution is -2.38. The van der Waals surface area contributed by atoms with Crippen LogP contribution in [0.3, 0.4) is 0 Å². The second-order valence-electron chi connectivity index (χ2n) is 6.17. The summed E-state index contributed by atoms with van der Waals surface area (Å²) in [5, 5.41) is 10.6. The van der Waals surface area contributed by atoms with E-state index in [1.54, 1.807) is 12.1 Å². The molecule has 1 atom stereocenters. The number of phenols is 1. The molecular formula is C18H24N2O3. The third-order valence-electron chi connectivity index (χ3n) is 4.84. The molecule has 124 valence electrons. The van der Waals surface area contributed by atoms with Crippen LogP contribution in [0.4, 0.5) is 0 Å². The third-order valence-corrected chi connectivity index (χ3v) is 4.84. The van der Waals surface area contributed by atoms with Crippen molar-refractivity contribution in [3.8, 4) is 5.75 Å². The summed E-state index contributed by atoms with van der Waals surface area (Å²) in [6.45, 7) is 5.96. The number of hydrogen-bond acceptors (Lipinski definition) is 3. The highest BCUT2D eigenvalue weighted by molar-refractivity contribution is 6.09. The molecule has 5 nitrogen and oxygen atoms in total. The fourth-order valence-corrected chi connectivity index (χ4v) is 3.50. The van der Waals surface area contributed by atoms with E-state index in [0.29, 0.717) is 18.8 Å². The monoisotopic (exact) mass is 316 g/mol. The van der Waals surface area contributed by atoms with Gasteiger partial charge in [-0.15, -0.1) is 0 Å². The molecule has 0 bridgehead atoms. The van der Waals surface area contributed by atoms with E-state index in [4.69, 9.17) is 4.74 Å².